The summed E-state index contributed by atoms with van der Waals surface area (Å²) in [4.78, 5) is 11.4. The number of benzene rings is 1. The zero-order chi connectivity index (χ0) is 13.4. The molecule has 0 unspecified atom stereocenters. The van der Waals surface area contributed by atoms with E-state index in [4.69, 9.17) is 4.74 Å². The van der Waals surface area contributed by atoms with Crippen LogP contribution in [0.5, 0.6) is 0 Å². The second-order valence-electron chi connectivity index (χ2n) is 3.58. The average Bonchev–Trinajstić information content (AvgIpc) is 2.33. The monoisotopic (exact) mass is 258 g/mol. The lowest BCUT2D eigenvalue weighted by atomic mass is 10.2. The van der Waals surface area contributed by atoms with E-state index in [1.165, 1.54) is 6.08 Å². The number of carbonyl (C=O) groups is 1. The van der Waals surface area contributed by atoms with Gasteiger partial charge >= 0.3 is 12.1 Å². The summed E-state index contributed by atoms with van der Waals surface area (Å²) in [5.74, 6) is -0.472. The van der Waals surface area contributed by atoms with Crippen molar-refractivity contribution in [1.82, 2.24) is 0 Å². The van der Waals surface area contributed by atoms with Crippen molar-refractivity contribution in [3.8, 4) is 0 Å². The fraction of sp³-hybridized carbons (Fsp3) is 0.308. The van der Waals surface area contributed by atoms with Gasteiger partial charge in [0, 0.05) is 0 Å². The number of rotatable bonds is 5. The van der Waals surface area contributed by atoms with Gasteiger partial charge in [0.2, 0.25) is 0 Å². The number of hydrogen-bond acceptors (Lipinski definition) is 2. The Morgan fingerprint density at radius 2 is 1.83 bits per heavy atom. The van der Waals surface area contributed by atoms with Gasteiger partial charge in [0.25, 0.3) is 0 Å². The molecule has 0 bridgehead atoms. The Kier molecular flexibility index (Phi) is 5.42. The number of allylic oxidation sites excluding steroid dienone is 1. The number of carbonyl (C=O) groups excluding carboxylic acids is 1. The molecule has 0 aliphatic heterocycles. The van der Waals surface area contributed by atoms with Crippen molar-refractivity contribution in [2.24, 2.45) is 0 Å². The van der Waals surface area contributed by atoms with Crippen LogP contribution in [0.1, 0.15) is 23.2 Å². The summed E-state index contributed by atoms with van der Waals surface area (Å²) in [7, 11) is 0. The Hall–Kier alpha value is -1.78. The molecule has 1 aromatic carbocycles. The molecule has 0 spiro atoms. The molecule has 0 heterocycles. The van der Waals surface area contributed by atoms with Gasteiger partial charge in [-0.15, -0.1) is 0 Å². The third-order valence-corrected chi connectivity index (χ3v) is 2.04. The van der Waals surface area contributed by atoms with Crippen LogP contribution in [0.25, 0.3) is 0 Å². The number of ether oxygens (including phenoxy) is 1. The highest BCUT2D eigenvalue weighted by atomic mass is 19.4. The number of halogens is 3. The molecule has 0 aliphatic rings. The Morgan fingerprint density at radius 1 is 1.17 bits per heavy atom. The van der Waals surface area contributed by atoms with E-state index in [-0.39, 0.29) is 13.0 Å². The number of esters is 1. The van der Waals surface area contributed by atoms with E-state index in [1.807, 2.05) is 0 Å². The van der Waals surface area contributed by atoms with Gasteiger partial charge in [-0.3, -0.25) is 0 Å². The maximum absolute atomic E-state index is 11.8. The minimum absolute atomic E-state index is 0.0715. The summed E-state index contributed by atoms with van der Waals surface area (Å²) >= 11 is 0. The van der Waals surface area contributed by atoms with Crippen LogP contribution in [-0.2, 0) is 4.74 Å². The van der Waals surface area contributed by atoms with Crippen molar-refractivity contribution in [1.29, 1.82) is 0 Å². The maximum atomic E-state index is 11.8. The molecule has 0 aromatic heterocycles. The molecule has 0 saturated heterocycles. The first-order chi connectivity index (χ1) is 8.49. The van der Waals surface area contributed by atoms with E-state index < -0.39 is 18.6 Å². The van der Waals surface area contributed by atoms with Gasteiger partial charge in [0.05, 0.1) is 18.6 Å². The van der Waals surface area contributed by atoms with Crippen LogP contribution < -0.4 is 0 Å². The van der Waals surface area contributed by atoms with Crippen LogP contribution in [0.4, 0.5) is 13.2 Å². The second kappa shape index (κ2) is 6.83. The van der Waals surface area contributed by atoms with Gasteiger partial charge in [-0.2, -0.15) is 13.2 Å². The average molecular weight is 258 g/mol. The minimum Gasteiger partial charge on any atom is -0.462 e. The molecule has 18 heavy (non-hydrogen) atoms. The molecule has 0 N–H and O–H groups in total. The third-order valence-electron chi connectivity index (χ3n) is 2.04. The van der Waals surface area contributed by atoms with Crippen molar-refractivity contribution < 1.29 is 22.7 Å². The maximum Gasteiger partial charge on any atom is 0.392 e. The summed E-state index contributed by atoms with van der Waals surface area (Å²) < 4.78 is 40.2. The second-order valence-corrected chi connectivity index (χ2v) is 3.58. The normalized spacial score (nSPS) is 11.7. The fourth-order valence-electron chi connectivity index (χ4n) is 1.21. The van der Waals surface area contributed by atoms with Crippen molar-refractivity contribution in [2.75, 3.05) is 6.61 Å². The first-order valence-corrected chi connectivity index (χ1v) is 5.43. The van der Waals surface area contributed by atoms with Crippen LogP contribution >= 0.6 is 0 Å². The van der Waals surface area contributed by atoms with Crippen molar-refractivity contribution in [2.45, 2.75) is 19.0 Å². The molecule has 98 valence electrons. The highest BCUT2D eigenvalue weighted by Crippen LogP contribution is 2.19. The Morgan fingerprint density at radius 3 is 2.44 bits per heavy atom. The molecule has 0 radical (unpaired) electrons. The first-order valence-electron chi connectivity index (χ1n) is 5.43. The van der Waals surface area contributed by atoms with Crippen LogP contribution in [0.15, 0.2) is 42.5 Å². The Bertz CT molecular complexity index is 396. The Balaban J connectivity index is 2.21. The van der Waals surface area contributed by atoms with Crippen molar-refractivity contribution in [3.05, 3.63) is 48.0 Å². The van der Waals surface area contributed by atoms with E-state index in [1.54, 1.807) is 30.3 Å². The standard InChI is InChI=1S/C13H13F3O2/c14-13(15,16)9-5-2-6-10-18-12(17)11-7-3-1-4-8-11/h1-5,7-8H,6,9-10H2/b5-2+. The predicted octanol–water partition coefficient (Wildman–Crippen LogP) is 3.74. The van der Waals surface area contributed by atoms with Crippen LogP contribution in [0.3, 0.4) is 0 Å². The van der Waals surface area contributed by atoms with E-state index in [0.29, 0.717) is 5.56 Å². The molecule has 0 atom stereocenters. The predicted molar refractivity (Wildman–Crippen MR) is 61.2 cm³/mol. The number of hydrogen-bond donors (Lipinski definition) is 0. The minimum atomic E-state index is -4.18. The zero-order valence-electron chi connectivity index (χ0n) is 9.61. The van der Waals surface area contributed by atoms with Crippen LogP contribution in [0.2, 0.25) is 0 Å². The summed E-state index contributed by atoms with van der Waals surface area (Å²) in [6.07, 6.45) is -2.49. The highest BCUT2D eigenvalue weighted by molar-refractivity contribution is 5.89. The SMILES string of the molecule is O=C(OCC/C=C/CC(F)(F)F)c1ccccc1. The van der Waals surface area contributed by atoms with E-state index in [9.17, 15) is 18.0 Å². The summed E-state index contributed by atoms with van der Waals surface area (Å²) in [5, 5.41) is 0. The third kappa shape index (κ3) is 6.08. The topological polar surface area (TPSA) is 26.3 Å². The molecule has 0 fully saturated rings. The molecular formula is C13H13F3O2. The lowest BCUT2D eigenvalue weighted by molar-refractivity contribution is -0.125. The highest BCUT2D eigenvalue weighted by Gasteiger charge is 2.24. The van der Waals surface area contributed by atoms with E-state index >= 15 is 0 Å². The quantitative estimate of drug-likeness (QED) is 0.457. The van der Waals surface area contributed by atoms with Gasteiger partial charge < -0.3 is 4.74 Å². The lowest BCUT2D eigenvalue weighted by Gasteiger charge is -2.03. The molecule has 1 aromatic rings. The zero-order valence-corrected chi connectivity index (χ0v) is 9.61. The van der Waals surface area contributed by atoms with Gasteiger partial charge in [0.15, 0.2) is 0 Å². The van der Waals surface area contributed by atoms with Crippen molar-refractivity contribution in [3.63, 3.8) is 0 Å². The van der Waals surface area contributed by atoms with Gasteiger partial charge in [-0.25, -0.2) is 4.79 Å². The van der Waals surface area contributed by atoms with E-state index in [0.717, 1.165) is 6.08 Å². The molecular weight excluding hydrogens is 245 g/mol. The molecule has 2 nitrogen and oxygen atoms in total. The molecule has 1 rings (SSSR count). The van der Waals surface area contributed by atoms with E-state index in [2.05, 4.69) is 0 Å². The van der Waals surface area contributed by atoms with Gasteiger partial charge in [-0.1, -0.05) is 30.4 Å². The van der Waals surface area contributed by atoms with Gasteiger partial charge in [0.1, 0.15) is 0 Å². The molecule has 0 aliphatic carbocycles. The largest absolute Gasteiger partial charge is 0.462 e. The number of alkyl halides is 3. The van der Waals surface area contributed by atoms with Gasteiger partial charge in [-0.05, 0) is 18.6 Å². The van der Waals surface area contributed by atoms with Crippen molar-refractivity contribution >= 4 is 5.97 Å². The fourth-order valence-corrected chi connectivity index (χ4v) is 1.21. The summed E-state index contributed by atoms with van der Waals surface area (Å²) in [5.41, 5.74) is 0.428. The molecule has 0 saturated carbocycles. The summed E-state index contributed by atoms with van der Waals surface area (Å²) in [6.45, 7) is 0.0715. The smallest absolute Gasteiger partial charge is 0.392 e. The summed E-state index contributed by atoms with van der Waals surface area (Å²) in [6, 6.07) is 8.42. The molecule has 0 amide bonds. The molecule has 5 heteroatoms. The lowest BCUT2D eigenvalue weighted by Crippen LogP contribution is -2.06. The Labute approximate surface area is 103 Å². The first kappa shape index (κ1) is 14.3. The van der Waals surface area contributed by atoms with Crippen LogP contribution in [0, 0.1) is 0 Å². The van der Waals surface area contributed by atoms with Crippen LogP contribution in [-0.4, -0.2) is 18.8 Å².